The Morgan fingerprint density at radius 3 is 2.12 bits per heavy atom. The first-order chi connectivity index (χ1) is 23.3. The molecule has 13 heteroatoms. The minimum atomic E-state index is -1.21. The van der Waals surface area contributed by atoms with Crippen LogP contribution >= 0.6 is 0 Å². The van der Waals surface area contributed by atoms with Crippen LogP contribution in [0.1, 0.15) is 76.5 Å². The van der Waals surface area contributed by atoms with Gasteiger partial charge in [0, 0.05) is 37.7 Å². The van der Waals surface area contributed by atoms with Crippen molar-refractivity contribution in [1.82, 2.24) is 24.7 Å². The Labute approximate surface area is 281 Å². The summed E-state index contributed by atoms with van der Waals surface area (Å²) in [6.07, 6.45) is 30.7. The lowest BCUT2D eigenvalue weighted by molar-refractivity contribution is -0.121. The van der Waals surface area contributed by atoms with Crippen molar-refractivity contribution >= 4 is 12.0 Å². The van der Waals surface area contributed by atoms with Crippen molar-refractivity contribution in [3.63, 3.8) is 0 Å². The number of carboxylic acid groups (broad SMARTS) is 1. The largest absolute Gasteiger partial charge is 0.465 e. The topological polar surface area (TPSA) is 184 Å². The summed E-state index contributed by atoms with van der Waals surface area (Å²) in [4.78, 5) is 54.6. The number of aromatic nitrogens is 2. The summed E-state index contributed by atoms with van der Waals surface area (Å²) in [6, 6.07) is -0.676. The molecule has 1 aliphatic rings. The third-order valence-corrected chi connectivity index (χ3v) is 7.38. The van der Waals surface area contributed by atoms with E-state index in [1.165, 1.54) is 10.8 Å². The van der Waals surface area contributed by atoms with Crippen LogP contribution in [0.3, 0.4) is 0 Å². The fraction of sp³-hybridized carbons (Fsp3) is 0.486. The van der Waals surface area contributed by atoms with Crippen LogP contribution in [-0.2, 0) is 9.53 Å². The molecule has 1 aliphatic heterocycles. The Hall–Kier alpha value is -4.87. The fourth-order valence-corrected chi connectivity index (χ4v) is 4.80. The van der Waals surface area contributed by atoms with E-state index >= 15 is 0 Å². The van der Waals surface area contributed by atoms with Gasteiger partial charge in [-0.05, 0) is 51.9 Å². The molecule has 0 unspecified atom stereocenters. The molecule has 3 atom stereocenters. The molecule has 1 fully saturated rings. The van der Waals surface area contributed by atoms with Gasteiger partial charge in [-0.1, -0.05) is 79.8 Å². The van der Waals surface area contributed by atoms with Gasteiger partial charge in [0.15, 0.2) is 6.04 Å². The maximum absolute atomic E-state index is 12.3. The summed E-state index contributed by atoms with van der Waals surface area (Å²) in [5.41, 5.74) is 6.26. The zero-order valence-corrected chi connectivity index (χ0v) is 28.0. The van der Waals surface area contributed by atoms with Crippen LogP contribution in [-0.4, -0.2) is 63.3 Å². The van der Waals surface area contributed by atoms with Crippen molar-refractivity contribution < 1.29 is 19.4 Å². The molecule has 0 radical (unpaired) electrons. The third-order valence-electron chi connectivity index (χ3n) is 7.38. The summed E-state index contributed by atoms with van der Waals surface area (Å²) in [6.45, 7) is 3.68. The average molecular weight is 665 g/mol. The van der Waals surface area contributed by atoms with Gasteiger partial charge in [-0.15, -0.1) is 0 Å². The highest BCUT2D eigenvalue weighted by molar-refractivity contribution is 5.76. The second kappa shape index (κ2) is 23.4. The summed E-state index contributed by atoms with van der Waals surface area (Å²) >= 11 is 0. The summed E-state index contributed by atoms with van der Waals surface area (Å²) in [5, 5.41) is 16.3. The van der Waals surface area contributed by atoms with Crippen LogP contribution in [0.25, 0.3) is 0 Å². The van der Waals surface area contributed by atoms with E-state index in [9.17, 15) is 24.3 Å². The normalized spacial score (nSPS) is 18.2. The molecule has 0 spiro atoms. The zero-order chi connectivity index (χ0) is 35.0. The van der Waals surface area contributed by atoms with E-state index in [1.54, 1.807) is 6.92 Å². The Bertz CT molecular complexity index is 1500. The first-order valence-electron chi connectivity index (χ1n) is 16.4. The van der Waals surface area contributed by atoms with Crippen LogP contribution in [0.15, 0.2) is 93.8 Å². The minimum Gasteiger partial charge on any atom is -0.465 e. The number of amides is 2. The van der Waals surface area contributed by atoms with E-state index in [4.69, 9.17) is 10.3 Å². The Balaban J connectivity index is 1.65. The second-order valence-corrected chi connectivity index (χ2v) is 11.2. The molecule has 260 valence electrons. The molecule has 0 bridgehead atoms. The van der Waals surface area contributed by atoms with Crippen LogP contribution < -0.4 is 21.5 Å². The maximum Gasteiger partial charge on any atom is 0.407 e. The predicted molar refractivity (Wildman–Crippen MR) is 186 cm³/mol. The van der Waals surface area contributed by atoms with Crippen molar-refractivity contribution in [2.24, 2.45) is 5.11 Å². The number of aryl methyl sites for hydroxylation is 1. The van der Waals surface area contributed by atoms with Gasteiger partial charge in [0.2, 0.25) is 10.8 Å². The van der Waals surface area contributed by atoms with Gasteiger partial charge >= 0.3 is 11.8 Å². The molecular weight excluding hydrogens is 614 g/mol. The van der Waals surface area contributed by atoms with Crippen molar-refractivity contribution in [3.8, 4) is 0 Å². The van der Waals surface area contributed by atoms with Crippen LogP contribution in [0.5, 0.6) is 0 Å². The molecule has 1 aromatic rings. The highest BCUT2D eigenvalue weighted by Gasteiger charge is 2.41. The SMILES string of the molecule is CCC=CCC=CCC=CCC=CCC=CCC=CCCC(=O)NCCN(C[C@@H]1O[C@H](n2cc(C)c(=O)[nH]c2=O)C[C@@H]1N=[N+]=N)C(=O)O. The molecule has 1 saturated heterocycles. The number of aromatic amines is 1. The van der Waals surface area contributed by atoms with Crippen molar-refractivity contribution in [1.29, 1.82) is 5.53 Å². The van der Waals surface area contributed by atoms with E-state index in [1.807, 2.05) is 12.2 Å². The highest BCUT2D eigenvalue weighted by Crippen LogP contribution is 2.30. The molecule has 2 rings (SSSR count). The van der Waals surface area contributed by atoms with E-state index < -0.39 is 35.7 Å². The third kappa shape index (κ3) is 15.6. The summed E-state index contributed by atoms with van der Waals surface area (Å²) < 4.78 is 7.15. The van der Waals surface area contributed by atoms with Gasteiger partial charge in [-0.2, -0.15) is 0 Å². The Kier molecular flexibility index (Phi) is 19.2. The van der Waals surface area contributed by atoms with Crippen LogP contribution in [0.2, 0.25) is 0 Å². The molecule has 48 heavy (non-hydrogen) atoms. The zero-order valence-electron chi connectivity index (χ0n) is 28.0. The van der Waals surface area contributed by atoms with Gasteiger partial charge in [0.05, 0.1) is 6.54 Å². The molecule has 0 aliphatic carbocycles. The van der Waals surface area contributed by atoms with Crippen LogP contribution in [0, 0.1) is 12.5 Å². The van der Waals surface area contributed by atoms with Crippen molar-refractivity contribution in [3.05, 3.63) is 106 Å². The van der Waals surface area contributed by atoms with E-state index in [0.29, 0.717) is 12.0 Å². The molecule has 2 amide bonds. The number of nitrogens with one attached hydrogen (secondary N) is 3. The Morgan fingerprint density at radius 2 is 1.58 bits per heavy atom. The van der Waals surface area contributed by atoms with Gasteiger partial charge in [-0.3, -0.25) is 19.1 Å². The highest BCUT2D eigenvalue weighted by atomic mass is 16.5. The second-order valence-electron chi connectivity index (χ2n) is 11.2. The molecule has 0 aromatic carbocycles. The van der Waals surface area contributed by atoms with Gasteiger partial charge in [-0.25, -0.2) is 9.59 Å². The number of allylic oxidation sites excluding steroid dienone is 12. The molecule has 13 nitrogen and oxygen atoms in total. The number of ether oxygens (including phenoxy) is 1. The molecule has 1 aromatic heterocycles. The molecule has 2 heterocycles. The lowest BCUT2D eigenvalue weighted by Crippen LogP contribution is -2.44. The van der Waals surface area contributed by atoms with Crippen LogP contribution in [0.4, 0.5) is 4.79 Å². The smallest absolute Gasteiger partial charge is 0.407 e. The molecule has 0 saturated carbocycles. The quantitative estimate of drug-likeness (QED) is 0.0750. The number of nitrogens with zero attached hydrogens (tertiary/aromatic N) is 4. The van der Waals surface area contributed by atoms with E-state index in [-0.39, 0.29) is 38.4 Å². The fourth-order valence-electron chi connectivity index (χ4n) is 4.80. The van der Waals surface area contributed by atoms with E-state index in [0.717, 1.165) is 43.4 Å². The number of rotatable bonds is 21. The lowest BCUT2D eigenvalue weighted by atomic mass is 10.1. The molecular formula is C35H50N7O6+. The van der Waals surface area contributed by atoms with Crippen molar-refractivity contribution in [2.45, 2.75) is 90.0 Å². The molecule has 4 N–H and O–H groups in total. The number of H-pyrrole nitrogens is 1. The first-order valence-corrected chi connectivity index (χ1v) is 16.4. The average Bonchev–Trinajstić information content (AvgIpc) is 3.45. The van der Waals surface area contributed by atoms with E-state index in [2.05, 4.69) is 88.0 Å². The standard InChI is InChI=1S/C35H49N7O6/c1-3-4-5-6-7-8-9-10-11-12-13-14-15-16-17-18-19-20-21-22-31(43)37-23-24-41(35(46)47)27-30-29(39-40-36)25-32(48-30)42-26-28(2)33(44)38-34(42)45/h4-5,7-8,10-11,13-14,16-17,19-20,26,29-30,32,36H,3,6,9,12,15,18,21-25,27H2,1-2H3,(H2-,37,38,43,44,45,46,47)/p+1/t29-,30-,32-/m0/s1. The van der Waals surface area contributed by atoms with Gasteiger partial charge in [0.1, 0.15) is 23.0 Å². The first kappa shape index (κ1) is 39.3. The summed E-state index contributed by atoms with van der Waals surface area (Å²) in [5.74, 6) is -0.189. The monoisotopic (exact) mass is 664 g/mol. The lowest BCUT2D eigenvalue weighted by Gasteiger charge is -2.24. The summed E-state index contributed by atoms with van der Waals surface area (Å²) in [7, 11) is 0. The predicted octanol–water partition coefficient (Wildman–Crippen LogP) is 5.63. The minimum absolute atomic E-state index is 0.00790. The maximum atomic E-state index is 12.3. The number of hydrogen-bond acceptors (Lipinski definition) is 7. The number of carbonyl (C=O) groups excluding carboxylic acids is 1. The van der Waals surface area contributed by atoms with Gasteiger partial charge in [0.25, 0.3) is 5.56 Å². The van der Waals surface area contributed by atoms with Crippen molar-refractivity contribution in [2.75, 3.05) is 19.6 Å². The number of carbonyl (C=O) groups is 2. The Morgan fingerprint density at radius 1 is 1.02 bits per heavy atom. The number of hydrogen-bond donors (Lipinski definition) is 4. The van der Waals surface area contributed by atoms with Gasteiger partial charge < -0.3 is 20.1 Å².